The number of halogens is 1. The lowest BCUT2D eigenvalue weighted by Crippen LogP contribution is -2.38. The molecule has 14 heavy (non-hydrogen) atoms. The molecule has 1 saturated heterocycles. The number of alkyl halides is 1. The monoisotopic (exact) mass is 221 g/mol. The van der Waals surface area contributed by atoms with Gasteiger partial charge in [0, 0.05) is 31.7 Å². The van der Waals surface area contributed by atoms with Crippen molar-refractivity contribution >= 4 is 11.6 Å². The third-order valence-corrected chi connectivity index (χ3v) is 2.78. The van der Waals surface area contributed by atoms with E-state index in [0.717, 1.165) is 39.2 Å². The van der Waals surface area contributed by atoms with Crippen LogP contribution < -0.4 is 0 Å². The quantitative estimate of drug-likeness (QED) is 0.499. The van der Waals surface area contributed by atoms with E-state index in [4.69, 9.17) is 21.1 Å². The van der Waals surface area contributed by atoms with Gasteiger partial charge in [0.25, 0.3) is 0 Å². The maximum absolute atomic E-state index is 5.51. The molecule has 0 N–H and O–H groups in total. The number of rotatable bonds is 6. The van der Waals surface area contributed by atoms with Gasteiger partial charge in [-0.15, -0.1) is 11.6 Å². The van der Waals surface area contributed by atoms with Crippen molar-refractivity contribution in [3.8, 4) is 0 Å². The lowest BCUT2D eigenvalue weighted by molar-refractivity contribution is 0.0313. The van der Waals surface area contributed by atoms with Gasteiger partial charge >= 0.3 is 0 Å². The van der Waals surface area contributed by atoms with Crippen LogP contribution in [0.5, 0.6) is 0 Å². The number of hydrogen-bond donors (Lipinski definition) is 0. The Bertz CT molecular complexity index is 140. The van der Waals surface area contributed by atoms with E-state index in [1.165, 1.54) is 0 Å². The second-order valence-corrected chi connectivity index (χ2v) is 4.00. The molecule has 4 heteroatoms. The Morgan fingerprint density at radius 1 is 1.36 bits per heavy atom. The highest BCUT2D eigenvalue weighted by Crippen LogP contribution is 2.11. The van der Waals surface area contributed by atoms with Gasteiger partial charge in [-0.05, 0) is 19.9 Å². The molecule has 0 unspecified atom stereocenters. The molecule has 0 amide bonds. The smallest absolute Gasteiger partial charge is 0.0602 e. The van der Waals surface area contributed by atoms with Crippen LogP contribution in [0.15, 0.2) is 0 Å². The molecule has 84 valence electrons. The first-order valence-electron chi connectivity index (χ1n) is 5.26. The molecular formula is C10H20ClNO2. The highest BCUT2D eigenvalue weighted by molar-refractivity contribution is 6.17. The van der Waals surface area contributed by atoms with E-state index in [0.29, 0.717) is 18.5 Å². The third-order valence-electron chi connectivity index (χ3n) is 2.62. The fourth-order valence-corrected chi connectivity index (χ4v) is 1.78. The van der Waals surface area contributed by atoms with E-state index in [-0.39, 0.29) is 0 Å². The summed E-state index contributed by atoms with van der Waals surface area (Å²) in [5.74, 6) is 0.584. The minimum absolute atomic E-state index is 0.584. The second-order valence-electron chi connectivity index (χ2n) is 3.63. The zero-order valence-electron chi connectivity index (χ0n) is 8.88. The molecule has 0 spiro atoms. The average molecular weight is 222 g/mol. The fraction of sp³-hybridized carbons (Fsp3) is 1.00. The van der Waals surface area contributed by atoms with Gasteiger partial charge in [-0.3, -0.25) is 0 Å². The van der Waals surface area contributed by atoms with Crippen LogP contribution in [-0.2, 0) is 9.47 Å². The fourth-order valence-electron chi connectivity index (χ4n) is 1.67. The van der Waals surface area contributed by atoms with Crippen molar-refractivity contribution in [2.75, 3.05) is 45.9 Å². The van der Waals surface area contributed by atoms with Crippen LogP contribution in [0.25, 0.3) is 0 Å². The summed E-state index contributed by atoms with van der Waals surface area (Å²) in [6.07, 6.45) is 2.29. The lowest BCUT2D eigenvalue weighted by Gasteiger charge is -2.30. The average Bonchev–Trinajstić information content (AvgIpc) is 2.25. The van der Waals surface area contributed by atoms with E-state index < -0.39 is 0 Å². The van der Waals surface area contributed by atoms with Gasteiger partial charge in [-0.2, -0.15) is 0 Å². The maximum Gasteiger partial charge on any atom is 0.0602 e. The minimum Gasteiger partial charge on any atom is -0.381 e. The summed E-state index contributed by atoms with van der Waals surface area (Å²) < 4.78 is 10.7. The number of ether oxygens (including phenoxy) is 2. The van der Waals surface area contributed by atoms with E-state index >= 15 is 0 Å². The van der Waals surface area contributed by atoms with Gasteiger partial charge in [-0.25, -0.2) is 0 Å². The maximum atomic E-state index is 5.51. The van der Waals surface area contributed by atoms with Crippen LogP contribution in [0.1, 0.15) is 12.8 Å². The Kier molecular flexibility index (Phi) is 6.52. The van der Waals surface area contributed by atoms with E-state index in [1.807, 2.05) is 0 Å². The highest BCUT2D eigenvalue weighted by atomic mass is 35.5. The summed E-state index contributed by atoms with van der Waals surface area (Å²) >= 11 is 5.51. The van der Waals surface area contributed by atoms with Gasteiger partial charge in [0.05, 0.1) is 13.2 Å². The largest absolute Gasteiger partial charge is 0.381 e. The zero-order chi connectivity index (χ0) is 10.2. The number of hydrogen-bond acceptors (Lipinski definition) is 3. The Labute approximate surface area is 91.3 Å². The molecule has 1 fully saturated rings. The minimum atomic E-state index is 0.584. The molecular weight excluding hydrogens is 202 g/mol. The molecule has 0 saturated carbocycles. The highest BCUT2D eigenvalue weighted by Gasteiger charge is 2.17. The zero-order valence-corrected chi connectivity index (χ0v) is 9.63. The molecule has 0 aliphatic carbocycles. The second kappa shape index (κ2) is 7.46. The summed E-state index contributed by atoms with van der Waals surface area (Å²) in [6, 6.07) is 0.670. The number of nitrogens with zero attached hydrogens (tertiary/aromatic N) is 1. The molecule has 0 bridgehead atoms. The van der Waals surface area contributed by atoms with Gasteiger partial charge in [0.2, 0.25) is 0 Å². The van der Waals surface area contributed by atoms with Crippen molar-refractivity contribution in [1.82, 2.24) is 4.90 Å². The molecule has 0 atom stereocenters. The summed E-state index contributed by atoms with van der Waals surface area (Å²) in [5, 5.41) is 0. The van der Waals surface area contributed by atoms with Crippen molar-refractivity contribution < 1.29 is 9.47 Å². The molecule has 1 aliphatic heterocycles. The molecule has 0 aromatic carbocycles. The van der Waals surface area contributed by atoms with Gasteiger partial charge in [0.1, 0.15) is 0 Å². The Morgan fingerprint density at radius 2 is 2.07 bits per heavy atom. The van der Waals surface area contributed by atoms with Crippen LogP contribution in [0.4, 0.5) is 0 Å². The van der Waals surface area contributed by atoms with Gasteiger partial charge in [-0.1, -0.05) is 0 Å². The van der Waals surface area contributed by atoms with Gasteiger partial charge in [0.15, 0.2) is 0 Å². The molecule has 1 aliphatic rings. The Balaban J connectivity index is 2.04. The predicted octanol–water partition coefficient (Wildman–Crippen LogP) is 1.35. The molecule has 0 aromatic rings. The van der Waals surface area contributed by atoms with Gasteiger partial charge < -0.3 is 14.4 Å². The van der Waals surface area contributed by atoms with Crippen molar-refractivity contribution in [2.24, 2.45) is 0 Å². The summed E-state index contributed by atoms with van der Waals surface area (Å²) in [5.41, 5.74) is 0. The van der Waals surface area contributed by atoms with Crippen molar-refractivity contribution in [1.29, 1.82) is 0 Å². The SMILES string of the molecule is CN(CCOCCCl)C1CCOCC1. The Morgan fingerprint density at radius 3 is 2.71 bits per heavy atom. The molecule has 1 rings (SSSR count). The molecule has 3 nitrogen and oxygen atoms in total. The van der Waals surface area contributed by atoms with Crippen molar-refractivity contribution in [3.63, 3.8) is 0 Å². The van der Waals surface area contributed by atoms with E-state index in [9.17, 15) is 0 Å². The third kappa shape index (κ3) is 4.60. The summed E-state index contributed by atoms with van der Waals surface area (Å²) in [4.78, 5) is 2.36. The first-order chi connectivity index (χ1) is 6.84. The van der Waals surface area contributed by atoms with Crippen LogP contribution >= 0.6 is 11.6 Å². The number of likely N-dealkylation sites (N-methyl/N-ethyl adjacent to an activating group) is 1. The topological polar surface area (TPSA) is 21.7 Å². The summed E-state index contributed by atoms with van der Waals surface area (Å²) in [7, 11) is 2.15. The normalized spacial score (nSPS) is 19.1. The molecule has 0 radical (unpaired) electrons. The van der Waals surface area contributed by atoms with E-state index in [2.05, 4.69) is 11.9 Å². The van der Waals surface area contributed by atoms with Crippen molar-refractivity contribution in [3.05, 3.63) is 0 Å². The van der Waals surface area contributed by atoms with Crippen molar-refractivity contribution in [2.45, 2.75) is 18.9 Å². The van der Waals surface area contributed by atoms with E-state index in [1.54, 1.807) is 0 Å². The van der Waals surface area contributed by atoms with Crippen LogP contribution in [0.2, 0.25) is 0 Å². The Hall–Kier alpha value is 0.170. The standard InChI is InChI=1S/C10H20ClNO2/c1-12(5-9-14-8-4-11)10-2-6-13-7-3-10/h10H,2-9H2,1H3. The first kappa shape index (κ1) is 12.2. The lowest BCUT2D eigenvalue weighted by atomic mass is 10.1. The van der Waals surface area contributed by atoms with Crippen LogP contribution in [0.3, 0.4) is 0 Å². The summed E-state index contributed by atoms with van der Waals surface area (Å²) in [6.45, 7) is 4.22. The van der Waals surface area contributed by atoms with Crippen LogP contribution in [0, 0.1) is 0 Å². The van der Waals surface area contributed by atoms with Crippen LogP contribution in [-0.4, -0.2) is 56.8 Å². The molecule has 1 heterocycles. The molecule has 0 aromatic heterocycles. The predicted molar refractivity (Wildman–Crippen MR) is 58.0 cm³/mol. The first-order valence-corrected chi connectivity index (χ1v) is 5.79.